The van der Waals surface area contributed by atoms with Gasteiger partial charge in [-0.05, 0) is 17.7 Å². The molecule has 2 aliphatic rings. The van der Waals surface area contributed by atoms with E-state index in [1.807, 2.05) is 4.90 Å². The fourth-order valence-electron chi connectivity index (χ4n) is 4.56. The predicted octanol–water partition coefficient (Wildman–Crippen LogP) is 3.31. The number of carbonyl (C=O) groups is 1. The van der Waals surface area contributed by atoms with Crippen LogP contribution < -0.4 is 25.8 Å². The quantitative estimate of drug-likeness (QED) is 0.311. The van der Waals surface area contributed by atoms with Crippen LogP contribution in [0.2, 0.25) is 0 Å². The topological polar surface area (TPSA) is 148 Å². The highest BCUT2D eigenvalue weighted by molar-refractivity contribution is 7.16. The van der Waals surface area contributed by atoms with Gasteiger partial charge in [-0.2, -0.15) is 8.78 Å². The summed E-state index contributed by atoms with van der Waals surface area (Å²) in [6.45, 7) is -2.00. The largest absolute Gasteiger partial charge is 0.422 e. The molecule has 2 bridgehead atoms. The number of alkyl halides is 2. The molecule has 1 saturated heterocycles. The number of aromatic nitrogens is 4. The van der Waals surface area contributed by atoms with Crippen molar-refractivity contribution in [3.05, 3.63) is 69.2 Å². The highest BCUT2D eigenvalue weighted by Crippen LogP contribution is 2.43. The number of halogens is 2. The van der Waals surface area contributed by atoms with Gasteiger partial charge in [0.1, 0.15) is 5.69 Å². The van der Waals surface area contributed by atoms with Crippen molar-refractivity contribution in [3.63, 3.8) is 0 Å². The molecule has 202 valence electrons. The lowest BCUT2D eigenvalue weighted by Gasteiger charge is -2.43. The number of carbonyl (C=O) groups excluding carboxylic acids is 1. The van der Waals surface area contributed by atoms with E-state index >= 15 is 0 Å². The molecule has 0 aromatic carbocycles. The number of morpholine rings is 1. The highest BCUT2D eigenvalue weighted by atomic mass is 32.1. The molecular weight excluding hydrogens is 536 g/mol. The van der Waals surface area contributed by atoms with Crippen molar-refractivity contribution in [2.45, 2.75) is 31.7 Å². The van der Waals surface area contributed by atoms with E-state index in [1.54, 1.807) is 18.2 Å². The van der Waals surface area contributed by atoms with Crippen molar-refractivity contribution >= 4 is 28.5 Å². The van der Waals surface area contributed by atoms with Crippen molar-refractivity contribution < 1.29 is 27.5 Å². The first-order valence-electron chi connectivity index (χ1n) is 11.9. The number of fused-ring (bicyclic) bond motifs is 4. The molecular formula is C24H21F2N7O5S. The molecule has 15 heteroatoms. The summed E-state index contributed by atoms with van der Waals surface area (Å²) in [4.78, 5) is 42.5. The molecule has 0 unspecified atom stereocenters. The van der Waals surface area contributed by atoms with E-state index in [1.165, 1.54) is 35.9 Å². The minimum atomic E-state index is -2.99. The number of amides is 2. The molecule has 0 spiro atoms. The number of pyridine rings is 2. The molecule has 0 radical (unpaired) electrons. The maximum Gasteiger partial charge on any atom is 0.388 e. The van der Waals surface area contributed by atoms with E-state index in [4.69, 9.17) is 9.15 Å². The van der Waals surface area contributed by atoms with Gasteiger partial charge in [-0.15, -0.1) is 0 Å². The molecule has 0 saturated carbocycles. The van der Waals surface area contributed by atoms with E-state index in [-0.39, 0.29) is 30.1 Å². The highest BCUT2D eigenvalue weighted by Gasteiger charge is 2.42. The van der Waals surface area contributed by atoms with E-state index in [9.17, 15) is 18.4 Å². The Balaban J connectivity index is 1.18. The van der Waals surface area contributed by atoms with Crippen LogP contribution in [-0.4, -0.2) is 51.8 Å². The number of hydrogen-bond donors (Lipinski definition) is 3. The lowest BCUT2D eigenvalue weighted by molar-refractivity contribution is -0.0527. The Kier molecular flexibility index (Phi) is 6.66. The molecule has 1 fully saturated rings. The number of nitrogens with zero attached hydrogens (tertiary/aromatic N) is 4. The lowest BCUT2D eigenvalue weighted by atomic mass is 9.97. The second-order valence-corrected chi connectivity index (χ2v) is 9.79. The van der Waals surface area contributed by atoms with Crippen LogP contribution in [0.25, 0.3) is 11.5 Å². The number of anilines is 2. The first-order valence-corrected chi connectivity index (χ1v) is 12.7. The summed E-state index contributed by atoms with van der Waals surface area (Å²) in [5.41, 5.74) is 1.60. The molecule has 2 amide bonds. The monoisotopic (exact) mass is 557 g/mol. The molecule has 3 N–H and O–H groups in total. The average Bonchev–Trinajstić information content (AvgIpc) is 3.54. The number of hydrogen-bond acceptors (Lipinski definition) is 10. The van der Waals surface area contributed by atoms with E-state index in [0.717, 1.165) is 10.6 Å². The van der Waals surface area contributed by atoms with Crippen LogP contribution >= 0.6 is 11.3 Å². The van der Waals surface area contributed by atoms with E-state index < -0.39 is 12.6 Å². The van der Waals surface area contributed by atoms with Crippen LogP contribution in [0.4, 0.5) is 24.7 Å². The number of thiazole rings is 1. The number of rotatable bonds is 7. The van der Waals surface area contributed by atoms with Gasteiger partial charge in [0.05, 0.1) is 42.1 Å². The molecule has 12 nitrogen and oxygen atoms in total. The van der Waals surface area contributed by atoms with Gasteiger partial charge < -0.3 is 29.1 Å². The van der Waals surface area contributed by atoms with Crippen molar-refractivity contribution in [2.24, 2.45) is 0 Å². The van der Waals surface area contributed by atoms with Crippen LogP contribution in [0.15, 0.2) is 51.9 Å². The third-order valence-electron chi connectivity index (χ3n) is 6.19. The number of H-pyrrole nitrogens is 1. The Labute approximate surface area is 223 Å². The van der Waals surface area contributed by atoms with Gasteiger partial charge in [0.25, 0.3) is 6.01 Å². The fourth-order valence-corrected chi connectivity index (χ4v) is 5.63. The van der Waals surface area contributed by atoms with Gasteiger partial charge in [0.15, 0.2) is 10.9 Å². The SMILES string of the molecule is O=C(NCc1cc[nH]c(=O)c1)Nc1nc2c(s1)[C@@H]1COC[C@H](C2)N1c1ncc(-c2cccc(OC(F)F)n2)o1. The van der Waals surface area contributed by atoms with Crippen molar-refractivity contribution in [2.75, 3.05) is 23.4 Å². The predicted molar refractivity (Wildman–Crippen MR) is 135 cm³/mol. The van der Waals surface area contributed by atoms with Crippen molar-refractivity contribution in [1.82, 2.24) is 25.3 Å². The number of urea groups is 1. The summed E-state index contributed by atoms with van der Waals surface area (Å²) in [7, 11) is 0. The first kappa shape index (κ1) is 24.9. The molecule has 4 aromatic heterocycles. The summed E-state index contributed by atoms with van der Waals surface area (Å²) in [5, 5.41) is 5.91. The van der Waals surface area contributed by atoms with Crippen LogP contribution in [0.3, 0.4) is 0 Å². The Morgan fingerprint density at radius 1 is 1.28 bits per heavy atom. The third-order valence-corrected chi connectivity index (χ3v) is 7.30. The summed E-state index contributed by atoms with van der Waals surface area (Å²) in [5.74, 6) is 0.0812. The minimum absolute atomic E-state index is 0.107. The Morgan fingerprint density at radius 3 is 3.03 bits per heavy atom. The molecule has 0 aliphatic carbocycles. The molecule has 2 atom stereocenters. The lowest BCUT2D eigenvalue weighted by Crippen LogP contribution is -2.51. The van der Waals surface area contributed by atoms with Crippen molar-refractivity contribution in [3.8, 4) is 17.3 Å². The summed E-state index contributed by atoms with van der Waals surface area (Å²) >= 11 is 1.34. The van der Waals surface area contributed by atoms with Gasteiger partial charge in [0, 0.05) is 31.3 Å². The number of nitrogens with one attached hydrogen (secondary N) is 3. The maximum atomic E-state index is 12.6. The Bertz CT molecular complexity index is 1560. The zero-order chi connectivity index (χ0) is 26.9. The maximum absolute atomic E-state index is 12.6. The Hall–Kier alpha value is -4.37. The zero-order valence-electron chi connectivity index (χ0n) is 20.1. The average molecular weight is 558 g/mol. The van der Waals surface area contributed by atoms with Gasteiger partial charge in [-0.3, -0.25) is 10.1 Å². The number of ether oxygens (including phenoxy) is 2. The standard InChI is InChI=1S/C24H21F2N7O5S/c25-21(26)38-19-3-1-2-14(30-19)17-9-29-24(37-17)33-13-7-15-20(16(33)11-36-10-13)39-23(31-15)32-22(35)28-8-12-4-5-27-18(34)6-12/h1-6,9,13,16,21H,7-8,10-11H2,(H,27,34)(H2,28,31,32,35)/t13-,16-/m0/s1. The molecule has 4 aromatic rings. The van der Waals surface area contributed by atoms with Gasteiger partial charge in [0.2, 0.25) is 11.4 Å². The Morgan fingerprint density at radius 2 is 2.18 bits per heavy atom. The first-order chi connectivity index (χ1) is 18.9. The molecule has 6 rings (SSSR count). The van der Waals surface area contributed by atoms with Crippen LogP contribution in [0.1, 0.15) is 22.2 Å². The van der Waals surface area contributed by atoms with Gasteiger partial charge >= 0.3 is 12.6 Å². The molecule has 6 heterocycles. The van der Waals surface area contributed by atoms with Crippen molar-refractivity contribution in [1.29, 1.82) is 0 Å². The molecule has 2 aliphatic heterocycles. The van der Waals surface area contributed by atoms with E-state index in [0.29, 0.717) is 47.8 Å². The number of aromatic amines is 1. The number of oxazole rings is 1. The normalized spacial score (nSPS) is 18.1. The van der Waals surface area contributed by atoms with E-state index in [2.05, 4.69) is 35.3 Å². The van der Waals surface area contributed by atoms with Gasteiger partial charge in [-0.1, -0.05) is 17.4 Å². The summed E-state index contributed by atoms with van der Waals surface area (Å²) in [6.07, 6.45) is 3.55. The zero-order valence-corrected chi connectivity index (χ0v) is 20.9. The van der Waals surface area contributed by atoms with Crippen LogP contribution in [0, 0.1) is 0 Å². The fraction of sp³-hybridized carbons (Fsp3) is 0.292. The van der Waals surface area contributed by atoms with Crippen LogP contribution in [-0.2, 0) is 17.7 Å². The minimum Gasteiger partial charge on any atom is -0.422 e. The van der Waals surface area contributed by atoms with Crippen LogP contribution in [0.5, 0.6) is 5.88 Å². The summed E-state index contributed by atoms with van der Waals surface area (Å²) in [6, 6.07) is 7.15. The summed E-state index contributed by atoms with van der Waals surface area (Å²) < 4.78 is 41.4. The second-order valence-electron chi connectivity index (χ2n) is 8.76. The molecule has 39 heavy (non-hydrogen) atoms. The van der Waals surface area contributed by atoms with Gasteiger partial charge in [-0.25, -0.2) is 19.7 Å². The smallest absolute Gasteiger partial charge is 0.388 e. The second kappa shape index (κ2) is 10.4. The third kappa shape index (κ3) is 5.31.